The van der Waals surface area contributed by atoms with Crippen LogP contribution in [0.25, 0.3) is 0 Å². The molecule has 7 nitrogen and oxygen atoms in total. The highest BCUT2D eigenvalue weighted by Crippen LogP contribution is 2.57. The van der Waals surface area contributed by atoms with E-state index in [4.69, 9.17) is 0 Å². The van der Waals surface area contributed by atoms with Crippen molar-refractivity contribution in [1.82, 2.24) is 14.9 Å². The standard InChI is InChI=1S/C23H32N6O/c24-3-1-6-29(23-14-18-11-19(15-23)13-20(12-18)16-23)21(30)17-27-7-9-28(10-8-27)22-25-4-2-5-26-22/h2,4-5,18-20H,1,6-17H2/p+1. The Hall–Kier alpha value is -2.20. The molecule has 2 heterocycles. The molecule has 1 saturated heterocycles. The van der Waals surface area contributed by atoms with E-state index in [1.807, 2.05) is 6.07 Å². The molecule has 0 aromatic carbocycles. The normalized spacial score (nSPS) is 32.8. The van der Waals surface area contributed by atoms with Gasteiger partial charge < -0.3 is 14.7 Å². The third-order valence-corrected chi connectivity index (χ3v) is 8.03. The Labute approximate surface area is 179 Å². The van der Waals surface area contributed by atoms with Crippen molar-refractivity contribution < 1.29 is 9.69 Å². The van der Waals surface area contributed by atoms with E-state index in [0.717, 1.165) is 49.9 Å². The average molecular weight is 410 g/mol. The lowest BCUT2D eigenvalue weighted by Crippen LogP contribution is -3.16. The highest BCUT2D eigenvalue weighted by atomic mass is 16.2. The molecule has 1 aliphatic heterocycles. The van der Waals surface area contributed by atoms with Gasteiger partial charge in [-0.15, -0.1) is 0 Å². The first-order valence-corrected chi connectivity index (χ1v) is 11.7. The molecule has 0 radical (unpaired) electrons. The molecule has 4 saturated carbocycles. The summed E-state index contributed by atoms with van der Waals surface area (Å²) in [6, 6.07) is 4.13. The molecule has 1 aromatic heterocycles. The number of anilines is 1. The van der Waals surface area contributed by atoms with Crippen molar-refractivity contribution in [3.63, 3.8) is 0 Å². The van der Waals surface area contributed by atoms with Gasteiger partial charge in [0.1, 0.15) is 0 Å². The summed E-state index contributed by atoms with van der Waals surface area (Å²) in [5.74, 6) is 3.46. The number of nitrogens with zero attached hydrogens (tertiary/aromatic N) is 5. The molecule has 5 fully saturated rings. The SMILES string of the molecule is N#CCCN(C(=O)C[NH+]1CCN(c2ncccn2)CC1)C12CC3CC(CC(C3)C1)C2. The predicted molar refractivity (Wildman–Crippen MR) is 113 cm³/mol. The third kappa shape index (κ3) is 3.78. The summed E-state index contributed by atoms with van der Waals surface area (Å²) >= 11 is 0. The Morgan fingerprint density at radius 3 is 2.30 bits per heavy atom. The van der Waals surface area contributed by atoms with E-state index < -0.39 is 0 Å². The second-order valence-electron chi connectivity index (χ2n) is 10.1. The van der Waals surface area contributed by atoms with Gasteiger partial charge in [0.25, 0.3) is 5.91 Å². The predicted octanol–water partition coefficient (Wildman–Crippen LogP) is 0.893. The molecule has 1 amide bonds. The molecule has 160 valence electrons. The maximum Gasteiger partial charge on any atom is 0.278 e. The Morgan fingerprint density at radius 1 is 1.13 bits per heavy atom. The zero-order chi connectivity index (χ0) is 20.6. The molecule has 7 heteroatoms. The van der Waals surface area contributed by atoms with Gasteiger partial charge in [-0.25, -0.2) is 9.97 Å². The monoisotopic (exact) mass is 409 g/mol. The lowest BCUT2D eigenvalue weighted by atomic mass is 9.52. The van der Waals surface area contributed by atoms with Gasteiger partial charge in [0.05, 0.1) is 38.7 Å². The topological polar surface area (TPSA) is 77.6 Å². The van der Waals surface area contributed by atoms with Crippen LogP contribution in [0.4, 0.5) is 5.95 Å². The van der Waals surface area contributed by atoms with Crippen molar-refractivity contribution >= 4 is 11.9 Å². The van der Waals surface area contributed by atoms with Crippen molar-refractivity contribution in [2.24, 2.45) is 17.8 Å². The minimum absolute atomic E-state index is 0.0435. The summed E-state index contributed by atoms with van der Waals surface area (Å²) in [7, 11) is 0. The van der Waals surface area contributed by atoms with Crippen LogP contribution >= 0.6 is 0 Å². The molecule has 5 aliphatic rings. The van der Waals surface area contributed by atoms with Crippen LogP contribution in [0.1, 0.15) is 44.9 Å². The average Bonchev–Trinajstić information content (AvgIpc) is 2.74. The maximum atomic E-state index is 13.5. The number of aromatic nitrogens is 2. The first-order valence-electron chi connectivity index (χ1n) is 11.7. The number of carbonyl (C=O) groups is 1. The van der Waals surface area contributed by atoms with Gasteiger partial charge in [0, 0.05) is 24.5 Å². The number of quaternary nitrogens is 1. The molecular formula is C23H33N6O+. The largest absolute Gasteiger partial charge is 0.331 e. The van der Waals surface area contributed by atoms with Crippen molar-refractivity contribution in [2.45, 2.75) is 50.5 Å². The fourth-order valence-electron chi connectivity index (χ4n) is 7.15. The first-order chi connectivity index (χ1) is 14.6. The third-order valence-electron chi connectivity index (χ3n) is 8.03. The number of nitrogens with one attached hydrogen (secondary N) is 1. The van der Waals surface area contributed by atoms with E-state index in [2.05, 4.69) is 25.8 Å². The van der Waals surface area contributed by atoms with Gasteiger partial charge in [0.2, 0.25) is 5.95 Å². The fourth-order valence-corrected chi connectivity index (χ4v) is 7.15. The number of carbonyl (C=O) groups excluding carboxylic acids is 1. The molecule has 4 bridgehead atoms. The van der Waals surface area contributed by atoms with Crippen LogP contribution < -0.4 is 9.80 Å². The second-order valence-corrected chi connectivity index (χ2v) is 10.1. The van der Waals surface area contributed by atoms with E-state index in [-0.39, 0.29) is 11.4 Å². The molecule has 4 aliphatic carbocycles. The van der Waals surface area contributed by atoms with E-state index in [1.54, 1.807) is 12.4 Å². The van der Waals surface area contributed by atoms with Gasteiger partial charge in [-0.1, -0.05) is 0 Å². The minimum atomic E-state index is 0.0435. The summed E-state index contributed by atoms with van der Waals surface area (Å²) in [6.07, 6.45) is 11.6. The summed E-state index contributed by atoms with van der Waals surface area (Å²) in [5.41, 5.74) is 0.0435. The van der Waals surface area contributed by atoms with E-state index >= 15 is 0 Å². The zero-order valence-corrected chi connectivity index (χ0v) is 17.8. The summed E-state index contributed by atoms with van der Waals surface area (Å²) < 4.78 is 0. The van der Waals surface area contributed by atoms with Gasteiger partial charge >= 0.3 is 0 Å². The molecule has 1 aromatic rings. The van der Waals surface area contributed by atoms with Crippen LogP contribution in [0.15, 0.2) is 18.5 Å². The lowest BCUT2D eigenvalue weighted by molar-refractivity contribution is -0.892. The van der Waals surface area contributed by atoms with Gasteiger partial charge in [-0.3, -0.25) is 4.79 Å². The van der Waals surface area contributed by atoms with Crippen molar-refractivity contribution in [3.8, 4) is 6.07 Å². The Morgan fingerprint density at radius 2 is 1.73 bits per heavy atom. The highest BCUT2D eigenvalue weighted by molar-refractivity contribution is 5.78. The van der Waals surface area contributed by atoms with Gasteiger partial charge in [-0.2, -0.15) is 5.26 Å². The molecular weight excluding hydrogens is 376 g/mol. The summed E-state index contributed by atoms with van der Waals surface area (Å²) in [6.45, 7) is 4.77. The molecule has 30 heavy (non-hydrogen) atoms. The maximum absolute atomic E-state index is 13.5. The zero-order valence-electron chi connectivity index (χ0n) is 17.8. The number of hydrogen-bond acceptors (Lipinski definition) is 5. The van der Waals surface area contributed by atoms with Crippen LogP contribution in [0.3, 0.4) is 0 Å². The number of nitriles is 1. The summed E-state index contributed by atoms with van der Waals surface area (Å²) in [4.78, 5) is 28.0. The minimum Gasteiger partial charge on any atom is -0.331 e. The van der Waals surface area contributed by atoms with Gasteiger partial charge in [0.15, 0.2) is 6.54 Å². The van der Waals surface area contributed by atoms with Crippen LogP contribution in [0, 0.1) is 29.1 Å². The lowest BCUT2D eigenvalue weighted by Gasteiger charge is -2.60. The molecule has 0 unspecified atom stereocenters. The van der Waals surface area contributed by atoms with E-state index in [9.17, 15) is 10.1 Å². The number of hydrogen-bond donors (Lipinski definition) is 1. The molecule has 1 N–H and O–H groups in total. The Kier molecular flexibility index (Phi) is 5.36. The van der Waals surface area contributed by atoms with Crippen molar-refractivity contribution in [3.05, 3.63) is 18.5 Å². The fraction of sp³-hybridized carbons (Fsp3) is 0.739. The summed E-state index contributed by atoms with van der Waals surface area (Å²) in [5, 5.41) is 9.23. The first kappa shape index (κ1) is 19.7. The van der Waals surface area contributed by atoms with E-state index in [0.29, 0.717) is 19.5 Å². The Balaban J connectivity index is 1.24. The number of rotatable bonds is 6. The van der Waals surface area contributed by atoms with Crippen LogP contribution in [0.2, 0.25) is 0 Å². The van der Waals surface area contributed by atoms with Crippen LogP contribution in [0.5, 0.6) is 0 Å². The molecule has 6 rings (SSSR count). The second kappa shape index (κ2) is 8.14. The van der Waals surface area contributed by atoms with Crippen LogP contribution in [-0.2, 0) is 4.79 Å². The quantitative estimate of drug-likeness (QED) is 0.755. The smallest absolute Gasteiger partial charge is 0.278 e. The molecule has 0 spiro atoms. The van der Waals surface area contributed by atoms with Crippen LogP contribution in [-0.4, -0.2) is 65.6 Å². The number of piperazine rings is 1. The van der Waals surface area contributed by atoms with Crippen molar-refractivity contribution in [2.75, 3.05) is 44.2 Å². The number of amides is 1. The van der Waals surface area contributed by atoms with Gasteiger partial charge in [-0.05, 0) is 62.3 Å². The van der Waals surface area contributed by atoms with Crippen molar-refractivity contribution in [1.29, 1.82) is 5.26 Å². The Bertz CT molecular complexity index is 762. The van der Waals surface area contributed by atoms with E-state index in [1.165, 1.54) is 43.4 Å². The highest BCUT2D eigenvalue weighted by Gasteiger charge is 2.54. The molecule has 0 atom stereocenters.